The molecular weight excluding hydrogens is 404 g/mol. The van der Waals surface area contributed by atoms with Crippen molar-refractivity contribution in [3.8, 4) is 17.5 Å². The summed E-state index contributed by atoms with van der Waals surface area (Å²) in [5.74, 6) is 6.31. The van der Waals surface area contributed by atoms with E-state index in [1.807, 2.05) is 30.6 Å². The third-order valence-corrected chi connectivity index (χ3v) is 5.53. The second-order valence-electron chi connectivity index (χ2n) is 7.36. The van der Waals surface area contributed by atoms with E-state index in [1.54, 1.807) is 18.6 Å². The Labute approximate surface area is 185 Å². The number of fused-ring (bicyclic) bond motifs is 3. The van der Waals surface area contributed by atoms with Gasteiger partial charge in [0.1, 0.15) is 11.8 Å². The van der Waals surface area contributed by atoms with Crippen LogP contribution in [0.25, 0.3) is 27.6 Å². The van der Waals surface area contributed by atoms with E-state index < -0.39 is 0 Å². The summed E-state index contributed by atoms with van der Waals surface area (Å²) in [6.07, 6.45) is 9.31. The quantitative estimate of drug-likeness (QED) is 0.336. The Morgan fingerprint density at radius 2 is 1.84 bits per heavy atom. The van der Waals surface area contributed by atoms with Gasteiger partial charge in [0.05, 0.1) is 22.3 Å². The molecule has 0 aliphatic carbocycles. The van der Waals surface area contributed by atoms with Gasteiger partial charge >= 0.3 is 0 Å². The maximum atomic E-state index is 6.52. The van der Waals surface area contributed by atoms with Crippen molar-refractivity contribution in [1.82, 2.24) is 19.5 Å². The van der Waals surface area contributed by atoms with Gasteiger partial charge in [0.2, 0.25) is 0 Å². The highest BCUT2D eigenvalue weighted by atomic mass is 35.5. The molecule has 2 aromatic carbocycles. The molecule has 0 fully saturated rings. The van der Waals surface area contributed by atoms with Crippen molar-refractivity contribution in [2.45, 2.75) is 19.8 Å². The Hall–Kier alpha value is -3.68. The Bertz CT molecular complexity index is 1440. The first-order valence-electron chi connectivity index (χ1n) is 10.2. The van der Waals surface area contributed by atoms with Crippen LogP contribution in [0, 0.1) is 11.8 Å². The van der Waals surface area contributed by atoms with E-state index >= 15 is 0 Å². The van der Waals surface area contributed by atoms with Crippen molar-refractivity contribution < 1.29 is 0 Å². The monoisotopic (exact) mass is 422 g/mol. The van der Waals surface area contributed by atoms with E-state index in [0.29, 0.717) is 5.02 Å². The molecule has 0 bridgehead atoms. The summed E-state index contributed by atoms with van der Waals surface area (Å²) in [7, 11) is 0. The molecule has 0 N–H and O–H groups in total. The normalized spacial score (nSPS) is 10.9. The molecule has 31 heavy (non-hydrogen) atoms. The molecule has 0 unspecified atom stereocenters. The molecule has 0 saturated heterocycles. The van der Waals surface area contributed by atoms with Gasteiger partial charge in [-0.2, -0.15) is 0 Å². The van der Waals surface area contributed by atoms with Gasteiger partial charge in [0.15, 0.2) is 0 Å². The van der Waals surface area contributed by atoms with Crippen LogP contribution in [-0.4, -0.2) is 19.5 Å². The van der Waals surface area contributed by atoms with Gasteiger partial charge in [-0.15, -0.1) is 0 Å². The van der Waals surface area contributed by atoms with Gasteiger partial charge in [-0.3, -0.25) is 14.5 Å². The molecule has 150 valence electrons. The SMILES string of the molecule is CCCc1ccc(-n2cnc3cnc4cc(Cl)c(C#Cc5cccnc5)cc4c32)cc1. The van der Waals surface area contributed by atoms with Crippen molar-refractivity contribution in [2.75, 3.05) is 0 Å². The number of halogens is 1. The Morgan fingerprint density at radius 3 is 2.61 bits per heavy atom. The summed E-state index contributed by atoms with van der Waals surface area (Å²) in [5, 5.41) is 1.54. The summed E-state index contributed by atoms with van der Waals surface area (Å²) >= 11 is 6.52. The van der Waals surface area contributed by atoms with E-state index in [4.69, 9.17) is 11.6 Å². The van der Waals surface area contributed by atoms with Gasteiger partial charge in [-0.05, 0) is 48.4 Å². The first-order valence-corrected chi connectivity index (χ1v) is 10.6. The van der Waals surface area contributed by atoms with Crippen LogP contribution in [0.4, 0.5) is 0 Å². The Balaban J connectivity index is 1.67. The maximum absolute atomic E-state index is 6.52. The van der Waals surface area contributed by atoms with Gasteiger partial charge < -0.3 is 0 Å². The zero-order valence-electron chi connectivity index (χ0n) is 17.0. The van der Waals surface area contributed by atoms with Crippen LogP contribution < -0.4 is 0 Å². The predicted molar refractivity (Wildman–Crippen MR) is 126 cm³/mol. The van der Waals surface area contributed by atoms with Crippen LogP contribution in [0.3, 0.4) is 0 Å². The highest BCUT2D eigenvalue weighted by Crippen LogP contribution is 2.30. The summed E-state index contributed by atoms with van der Waals surface area (Å²) in [5.41, 5.74) is 6.63. The molecule has 0 amide bonds. The minimum absolute atomic E-state index is 0.575. The third-order valence-electron chi connectivity index (χ3n) is 5.22. The third kappa shape index (κ3) is 3.76. The number of imidazole rings is 1. The minimum Gasteiger partial charge on any atom is -0.298 e. The molecule has 3 heterocycles. The van der Waals surface area contributed by atoms with Crippen molar-refractivity contribution in [3.05, 3.63) is 95.2 Å². The summed E-state index contributed by atoms with van der Waals surface area (Å²) in [4.78, 5) is 13.2. The van der Waals surface area contributed by atoms with Crippen LogP contribution in [-0.2, 0) is 6.42 Å². The van der Waals surface area contributed by atoms with Crippen LogP contribution in [0.1, 0.15) is 30.0 Å². The molecule has 5 aromatic rings. The summed E-state index contributed by atoms with van der Waals surface area (Å²) in [6, 6.07) is 16.3. The lowest BCUT2D eigenvalue weighted by molar-refractivity contribution is 0.920. The van der Waals surface area contributed by atoms with Crippen molar-refractivity contribution in [3.63, 3.8) is 0 Å². The largest absolute Gasteiger partial charge is 0.298 e. The van der Waals surface area contributed by atoms with Crippen LogP contribution in [0.15, 0.2) is 73.4 Å². The molecule has 5 heteroatoms. The second-order valence-corrected chi connectivity index (χ2v) is 7.77. The van der Waals surface area contributed by atoms with E-state index in [2.05, 4.69) is 62.5 Å². The molecule has 5 rings (SSSR count). The molecule has 4 nitrogen and oxygen atoms in total. The first kappa shape index (κ1) is 19.3. The lowest BCUT2D eigenvalue weighted by atomic mass is 10.1. The molecule has 0 saturated carbocycles. The summed E-state index contributed by atoms with van der Waals surface area (Å²) < 4.78 is 2.10. The predicted octanol–water partition coefficient (Wildman–Crippen LogP) is 5.97. The van der Waals surface area contributed by atoms with Crippen LogP contribution in [0.5, 0.6) is 0 Å². The molecule has 3 aromatic heterocycles. The van der Waals surface area contributed by atoms with E-state index in [9.17, 15) is 0 Å². The summed E-state index contributed by atoms with van der Waals surface area (Å²) in [6.45, 7) is 2.19. The first-order chi connectivity index (χ1) is 15.2. The van der Waals surface area contributed by atoms with Crippen molar-refractivity contribution in [2.24, 2.45) is 0 Å². The van der Waals surface area contributed by atoms with Crippen LogP contribution >= 0.6 is 11.6 Å². The topological polar surface area (TPSA) is 43.6 Å². The highest BCUT2D eigenvalue weighted by molar-refractivity contribution is 6.32. The standard InChI is InChI=1S/C26H19ClN4/c1-2-4-18-7-10-21(11-8-18)31-17-30-25-16-29-24-14-23(27)20(13-22(24)26(25)31)9-6-19-5-3-12-28-15-19/h3,5,7-8,10-17H,2,4H2,1H3. The number of aryl methyl sites for hydroxylation is 1. The van der Waals surface area contributed by atoms with Gasteiger partial charge in [-0.25, -0.2) is 4.98 Å². The smallest absolute Gasteiger partial charge is 0.108 e. The zero-order valence-corrected chi connectivity index (χ0v) is 17.8. The highest BCUT2D eigenvalue weighted by Gasteiger charge is 2.12. The number of aromatic nitrogens is 4. The number of hydrogen-bond acceptors (Lipinski definition) is 3. The lowest BCUT2D eigenvalue weighted by Gasteiger charge is -2.09. The number of nitrogens with zero attached hydrogens (tertiary/aromatic N) is 4. The van der Waals surface area contributed by atoms with Gasteiger partial charge in [0.25, 0.3) is 0 Å². The molecule has 0 atom stereocenters. The number of benzene rings is 2. The van der Waals surface area contributed by atoms with Crippen LogP contribution in [0.2, 0.25) is 5.02 Å². The van der Waals surface area contributed by atoms with E-state index in [1.165, 1.54) is 5.56 Å². The Morgan fingerprint density at radius 1 is 0.968 bits per heavy atom. The fraction of sp³-hybridized carbons (Fsp3) is 0.115. The van der Waals surface area contributed by atoms with Crippen molar-refractivity contribution in [1.29, 1.82) is 0 Å². The molecule has 0 aliphatic heterocycles. The fourth-order valence-corrected chi connectivity index (χ4v) is 3.90. The Kier molecular flexibility index (Phi) is 5.11. The number of pyridine rings is 2. The zero-order chi connectivity index (χ0) is 21.2. The lowest BCUT2D eigenvalue weighted by Crippen LogP contribution is -1.95. The minimum atomic E-state index is 0.575. The molecule has 0 spiro atoms. The van der Waals surface area contributed by atoms with Gasteiger partial charge in [0, 0.05) is 34.6 Å². The second kappa shape index (κ2) is 8.22. The number of hydrogen-bond donors (Lipinski definition) is 0. The van der Waals surface area contributed by atoms with Gasteiger partial charge in [-0.1, -0.05) is 48.9 Å². The molecule has 0 radical (unpaired) electrons. The number of rotatable bonds is 3. The average Bonchev–Trinajstić information content (AvgIpc) is 3.24. The van der Waals surface area contributed by atoms with E-state index in [-0.39, 0.29) is 0 Å². The van der Waals surface area contributed by atoms with E-state index in [0.717, 1.165) is 51.6 Å². The van der Waals surface area contributed by atoms with Crippen molar-refractivity contribution >= 4 is 33.5 Å². The fourth-order valence-electron chi connectivity index (χ4n) is 3.69. The molecular formula is C26H19ClN4. The molecule has 0 aliphatic rings. The maximum Gasteiger partial charge on any atom is 0.108 e. The average molecular weight is 423 g/mol.